The van der Waals surface area contributed by atoms with Gasteiger partial charge in [0.15, 0.2) is 5.78 Å². The largest absolute Gasteiger partial charge is 0.508 e. The minimum Gasteiger partial charge on any atom is -0.508 e. The summed E-state index contributed by atoms with van der Waals surface area (Å²) >= 11 is 0. The van der Waals surface area contributed by atoms with Gasteiger partial charge in [-0.2, -0.15) is 0 Å². The molecule has 3 aromatic carbocycles. The average Bonchev–Trinajstić information content (AvgIpc) is 2.83. The van der Waals surface area contributed by atoms with Gasteiger partial charge < -0.3 is 30.6 Å². The first kappa shape index (κ1) is 26.7. The molecule has 0 spiro atoms. The zero-order chi connectivity index (χ0) is 27.7. The van der Waals surface area contributed by atoms with Crippen LogP contribution >= 0.6 is 0 Å². The Labute approximate surface area is 221 Å². The minimum atomic E-state index is -0.967. The molecule has 0 radical (unpaired) electrons. The lowest BCUT2D eigenvalue weighted by Gasteiger charge is -2.37. The van der Waals surface area contributed by atoms with Gasteiger partial charge in [0, 0.05) is 29.4 Å². The van der Waals surface area contributed by atoms with E-state index in [1.807, 2.05) is 26.8 Å². The molecule has 7 nitrogen and oxygen atoms in total. The molecule has 0 amide bonds. The van der Waals surface area contributed by atoms with E-state index in [-0.39, 0.29) is 57.1 Å². The smallest absolute Gasteiger partial charge is 0.171 e. The second kappa shape index (κ2) is 10.5. The number of carbonyl (C=O) groups excluding carboxylic acids is 1. The van der Waals surface area contributed by atoms with Crippen molar-refractivity contribution in [3.8, 4) is 34.5 Å². The van der Waals surface area contributed by atoms with Crippen molar-refractivity contribution < 1.29 is 35.4 Å². The number of Topliss-reactive ketones (excluding diaryl/α,β-unsaturated/α-hetero) is 1. The van der Waals surface area contributed by atoms with Crippen LogP contribution in [0.1, 0.15) is 66.1 Å². The van der Waals surface area contributed by atoms with E-state index in [1.54, 1.807) is 18.2 Å². The Kier molecular flexibility index (Phi) is 7.39. The van der Waals surface area contributed by atoms with Crippen LogP contribution in [0.2, 0.25) is 0 Å². The molecule has 38 heavy (non-hydrogen) atoms. The standard InChI is InChI=1S/C31H32O7/c1-16(2)7-9-20-24(33)12-11-21(30(20)37)31(38)28-22(19-10-8-18(32)15-27(19)36)13-17(3)14-23(28)29-25(34)5-4-6-26(29)35/h4-12,14-16,22-23,28,32-37H,13H2,1-3H3/b9-7+. The Balaban J connectivity index is 1.94. The highest BCUT2D eigenvalue weighted by atomic mass is 16.3. The van der Waals surface area contributed by atoms with Crippen molar-refractivity contribution in [3.05, 3.63) is 88.5 Å². The number of benzene rings is 3. The van der Waals surface area contributed by atoms with E-state index in [4.69, 9.17) is 0 Å². The maximum atomic E-state index is 14.3. The van der Waals surface area contributed by atoms with Gasteiger partial charge in [-0.3, -0.25) is 4.79 Å². The maximum absolute atomic E-state index is 14.3. The van der Waals surface area contributed by atoms with Crippen molar-refractivity contribution in [3.63, 3.8) is 0 Å². The molecule has 3 unspecified atom stereocenters. The van der Waals surface area contributed by atoms with Gasteiger partial charge in [0.05, 0.1) is 11.1 Å². The van der Waals surface area contributed by atoms with Crippen molar-refractivity contribution in [1.82, 2.24) is 0 Å². The van der Waals surface area contributed by atoms with Crippen molar-refractivity contribution in [2.45, 2.75) is 39.0 Å². The maximum Gasteiger partial charge on any atom is 0.171 e. The molecule has 0 bridgehead atoms. The summed E-state index contributed by atoms with van der Waals surface area (Å²) in [6.07, 6.45) is 5.53. The van der Waals surface area contributed by atoms with Crippen molar-refractivity contribution in [1.29, 1.82) is 0 Å². The molecule has 6 N–H and O–H groups in total. The van der Waals surface area contributed by atoms with Crippen LogP contribution in [0.4, 0.5) is 0 Å². The number of allylic oxidation sites excluding steroid dienone is 3. The third-order valence-electron chi connectivity index (χ3n) is 7.04. The Morgan fingerprint density at radius 3 is 2.21 bits per heavy atom. The number of rotatable bonds is 6. The summed E-state index contributed by atoms with van der Waals surface area (Å²) in [6.45, 7) is 5.74. The average molecular weight is 517 g/mol. The highest BCUT2D eigenvalue weighted by Gasteiger charge is 2.43. The number of carbonyl (C=O) groups is 1. The molecule has 1 aliphatic rings. The summed E-state index contributed by atoms with van der Waals surface area (Å²) in [5.74, 6) is -4.03. The van der Waals surface area contributed by atoms with Crippen LogP contribution in [0.25, 0.3) is 6.08 Å². The first-order valence-corrected chi connectivity index (χ1v) is 12.5. The predicted molar refractivity (Wildman–Crippen MR) is 145 cm³/mol. The van der Waals surface area contributed by atoms with E-state index in [2.05, 4.69) is 0 Å². The second-order valence-electron chi connectivity index (χ2n) is 10.2. The summed E-state index contributed by atoms with van der Waals surface area (Å²) in [7, 11) is 0. The highest BCUT2D eigenvalue weighted by molar-refractivity contribution is 6.03. The fourth-order valence-electron chi connectivity index (χ4n) is 5.27. The fraction of sp³-hybridized carbons (Fsp3) is 0.258. The minimum absolute atomic E-state index is 0.0349. The van der Waals surface area contributed by atoms with Crippen LogP contribution in [0.3, 0.4) is 0 Å². The summed E-state index contributed by atoms with van der Waals surface area (Å²) in [5, 5.41) is 63.6. The van der Waals surface area contributed by atoms with E-state index < -0.39 is 23.5 Å². The highest BCUT2D eigenvalue weighted by Crippen LogP contribution is 2.52. The molecule has 0 aliphatic heterocycles. The van der Waals surface area contributed by atoms with Gasteiger partial charge in [-0.15, -0.1) is 0 Å². The van der Waals surface area contributed by atoms with Crippen LogP contribution in [0.5, 0.6) is 34.5 Å². The molecule has 0 aromatic heterocycles. The zero-order valence-electron chi connectivity index (χ0n) is 21.5. The number of ketones is 1. The molecule has 4 rings (SSSR count). The monoisotopic (exact) mass is 516 g/mol. The van der Waals surface area contributed by atoms with E-state index in [1.165, 1.54) is 42.5 Å². The lowest BCUT2D eigenvalue weighted by Crippen LogP contribution is -2.31. The van der Waals surface area contributed by atoms with Gasteiger partial charge in [-0.05, 0) is 55.2 Å². The molecule has 7 heteroatoms. The molecule has 198 valence electrons. The SMILES string of the molecule is CC1=CC(c2c(O)cccc2O)C(C(=O)c2ccc(O)c(/C=C/C(C)C)c2O)C(c2ccc(O)cc2O)C1. The molecule has 3 atom stereocenters. The molecule has 0 fully saturated rings. The molecule has 0 saturated carbocycles. The summed E-state index contributed by atoms with van der Waals surface area (Å²) in [5.41, 5.74) is 1.51. The van der Waals surface area contributed by atoms with E-state index in [0.29, 0.717) is 12.0 Å². The van der Waals surface area contributed by atoms with Crippen LogP contribution in [-0.4, -0.2) is 36.4 Å². The van der Waals surface area contributed by atoms with Gasteiger partial charge in [0.1, 0.15) is 34.5 Å². The molecular weight excluding hydrogens is 484 g/mol. The topological polar surface area (TPSA) is 138 Å². The van der Waals surface area contributed by atoms with Crippen LogP contribution in [0.15, 0.2) is 66.3 Å². The quantitative estimate of drug-likeness (QED) is 0.167. The third-order valence-corrected chi connectivity index (χ3v) is 7.04. The number of hydrogen-bond donors (Lipinski definition) is 6. The van der Waals surface area contributed by atoms with Gasteiger partial charge >= 0.3 is 0 Å². The number of phenols is 6. The Morgan fingerprint density at radius 1 is 0.895 bits per heavy atom. The van der Waals surface area contributed by atoms with Crippen LogP contribution < -0.4 is 0 Å². The van der Waals surface area contributed by atoms with Crippen LogP contribution in [-0.2, 0) is 0 Å². The summed E-state index contributed by atoms with van der Waals surface area (Å²) in [6, 6.07) is 11.2. The lowest BCUT2D eigenvalue weighted by molar-refractivity contribution is 0.0876. The molecule has 3 aromatic rings. The van der Waals surface area contributed by atoms with Crippen molar-refractivity contribution >= 4 is 11.9 Å². The normalized spacial score (nSPS) is 19.6. The van der Waals surface area contributed by atoms with Gasteiger partial charge in [-0.1, -0.05) is 49.8 Å². The number of hydrogen-bond acceptors (Lipinski definition) is 7. The lowest BCUT2D eigenvalue weighted by atomic mass is 9.65. The first-order chi connectivity index (χ1) is 18.0. The Morgan fingerprint density at radius 2 is 1.58 bits per heavy atom. The van der Waals surface area contributed by atoms with Crippen LogP contribution in [0, 0.1) is 11.8 Å². The van der Waals surface area contributed by atoms with Gasteiger partial charge in [0.2, 0.25) is 0 Å². The van der Waals surface area contributed by atoms with E-state index >= 15 is 0 Å². The second-order valence-corrected chi connectivity index (χ2v) is 10.2. The number of phenolic OH excluding ortho intramolecular Hbond substituents is 6. The van der Waals surface area contributed by atoms with Crippen molar-refractivity contribution in [2.24, 2.45) is 11.8 Å². The van der Waals surface area contributed by atoms with Gasteiger partial charge in [-0.25, -0.2) is 0 Å². The first-order valence-electron chi connectivity index (χ1n) is 12.5. The fourth-order valence-corrected chi connectivity index (χ4v) is 5.27. The zero-order valence-corrected chi connectivity index (χ0v) is 21.5. The van der Waals surface area contributed by atoms with E-state index in [0.717, 1.165) is 5.57 Å². The molecule has 0 heterocycles. The predicted octanol–water partition coefficient (Wildman–Crippen LogP) is 6.31. The van der Waals surface area contributed by atoms with Gasteiger partial charge in [0.25, 0.3) is 0 Å². The molecule has 1 aliphatic carbocycles. The Bertz CT molecular complexity index is 1410. The Hall–Kier alpha value is -4.39. The summed E-state index contributed by atoms with van der Waals surface area (Å²) in [4.78, 5) is 14.3. The summed E-state index contributed by atoms with van der Waals surface area (Å²) < 4.78 is 0. The molecular formula is C31H32O7. The number of aromatic hydroxyl groups is 6. The third kappa shape index (κ3) is 5.05. The van der Waals surface area contributed by atoms with Crippen molar-refractivity contribution in [2.75, 3.05) is 0 Å². The van der Waals surface area contributed by atoms with E-state index in [9.17, 15) is 35.4 Å². The molecule has 0 saturated heterocycles.